The molecular formula is C15H19FN2O2. The highest BCUT2D eigenvalue weighted by Gasteiger charge is 2.13. The van der Waals surface area contributed by atoms with E-state index in [1.165, 1.54) is 12.1 Å². The Kier molecular flexibility index (Phi) is 6.71. The summed E-state index contributed by atoms with van der Waals surface area (Å²) in [7, 11) is 3.29. The third-order valence-corrected chi connectivity index (χ3v) is 2.73. The molecule has 0 aliphatic carbocycles. The van der Waals surface area contributed by atoms with E-state index in [-0.39, 0.29) is 18.0 Å². The van der Waals surface area contributed by atoms with Crippen LogP contribution in [0.1, 0.15) is 22.3 Å². The van der Waals surface area contributed by atoms with Crippen LogP contribution in [-0.2, 0) is 4.74 Å². The second kappa shape index (κ2) is 8.31. The molecule has 20 heavy (non-hydrogen) atoms. The third-order valence-electron chi connectivity index (χ3n) is 2.73. The Labute approximate surface area is 118 Å². The van der Waals surface area contributed by atoms with Crippen molar-refractivity contribution in [1.82, 2.24) is 4.90 Å². The largest absolute Gasteiger partial charge is 0.385 e. The smallest absolute Gasteiger partial charge is 0.253 e. The second-order valence-corrected chi connectivity index (χ2v) is 4.27. The van der Waals surface area contributed by atoms with E-state index in [0.29, 0.717) is 18.7 Å². The lowest BCUT2D eigenvalue weighted by Crippen LogP contribution is -2.28. The summed E-state index contributed by atoms with van der Waals surface area (Å²) in [5.41, 5.74) is 5.79. The number of amides is 1. The Hall–Kier alpha value is -1.90. The van der Waals surface area contributed by atoms with Crippen LogP contribution in [-0.4, -0.2) is 44.7 Å². The average molecular weight is 278 g/mol. The van der Waals surface area contributed by atoms with Crippen LogP contribution in [0.15, 0.2) is 18.2 Å². The number of carbonyl (C=O) groups is 1. The predicted molar refractivity (Wildman–Crippen MR) is 75.8 cm³/mol. The Bertz CT molecular complexity index is 520. The van der Waals surface area contributed by atoms with Gasteiger partial charge in [-0.1, -0.05) is 11.8 Å². The normalized spacial score (nSPS) is 9.80. The molecule has 0 heterocycles. The number of hydrogen-bond donors (Lipinski definition) is 1. The Morgan fingerprint density at radius 2 is 2.25 bits per heavy atom. The number of nitrogens with zero attached hydrogens (tertiary/aromatic N) is 1. The first-order chi connectivity index (χ1) is 9.60. The number of rotatable bonds is 5. The molecule has 0 fully saturated rings. The van der Waals surface area contributed by atoms with Gasteiger partial charge in [0.25, 0.3) is 5.91 Å². The molecule has 108 valence electrons. The van der Waals surface area contributed by atoms with Crippen molar-refractivity contribution in [2.75, 3.05) is 33.9 Å². The zero-order chi connectivity index (χ0) is 15.0. The highest BCUT2D eigenvalue weighted by molar-refractivity contribution is 5.94. The van der Waals surface area contributed by atoms with Crippen molar-refractivity contribution in [3.05, 3.63) is 35.1 Å². The van der Waals surface area contributed by atoms with Gasteiger partial charge in [0.1, 0.15) is 5.82 Å². The number of benzene rings is 1. The maximum absolute atomic E-state index is 13.8. The van der Waals surface area contributed by atoms with Crippen LogP contribution in [0.5, 0.6) is 0 Å². The van der Waals surface area contributed by atoms with Gasteiger partial charge in [0.15, 0.2) is 0 Å². The van der Waals surface area contributed by atoms with Gasteiger partial charge in [0, 0.05) is 32.9 Å². The lowest BCUT2D eigenvalue weighted by molar-refractivity contribution is 0.0779. The topological polar surface area (TPSA) is 55.6 Å². The molecule has 1 rings (SSSR count). The number of nitrogens with two attached hydrogens (primary N) is 1. The molecule has 0 bridgehead atoms. The number of ether oxygens (including phenoxy) is 1. The first-order valence-corrected chi connectivity index (χ1v) is 6.33. The van der Waals surface area contributed by atoms with Crippen molar-refractivity contribution in [2.45, 2.75) is 6.42 Å². The molecule has 0 atom stereocenters. The van der Waals surface area contributed by atoms with Crippen molar-refractivity contribution in [3.63, 3.8) is 0 Å². The van der Waals surface area contributed by atoms with Gasteiger partial charge in [-0.3, -0.25) is 4.79 Å². The maximum Gasteiger partial charge on any atom is 0.253 e. The molecule has 0 unspecified atom stereocenters. The highest BCUT2D eigenvalue weighted by Crippen LogP contribution is 2.11. The molecule has 1 aromatic rings. The van der Waals surface area contributed by atoms with Gasteiger partial charge in [0.05, 0.1) is 12.1 Å². The molecule has 0 saturated heterocycles. The van der Waals surface area contributed by atoms with Crippen LogP contribution < -0.4 is 5.73 Å². The fourth-order valence-corrected chi connectivity index (χ4v) is 1.66. The van der Waals surface area contributed by atoms with E-state index in [4.69, 9.17) is 10.5 Å². The van der Waals surface area contributed by atoms with Gasteiger partial charge < -0.3 is 15.4 Å². The van der Waals surface area contributed by atoms with E-state index in [2.05, 4.69) is 11.8 Å². The molecular weight excluding hydrogens is 259 g/mol. The number of halogens is 1. The van der Waals surface area contributed by atoms with E-state index in [0.717, 1.165) is 6.42 Å². The van der Waals surface area contributed by atoms with Crippen molar-refractivity contribution < 1.29 is 13.9 Å². The summed E-state index contributed by atoms with van der Waals surface area (Å²) >= 11 is 0. The molecule has 0 aliphatic heterocycles. The van der Waals surface area contributed by atoms with E-state index in [9.17, 15) is 9.18 Å². The van der Waals surface area contributed by atoms with Crippen LogP contribution in [0.3, 0.4) is 0 Å². The highest BCUT2D eigenvalue weighted by atomic mass is 19.1. The van der Waals surface area contributed by atoms with Gasteiger partial charge in [-0.15, -0.1) is 0 Å². The van der Waals surface area contributed by atoms with Crippen LogP contribution in [0.25, 0.3) is 0 Å². The molecule has 5 heteroatoms. The minimum Gasteiger partial charge on any atom is -0.385 e. The minimum atomic E-state index is -0.512. The monoisotopic (exact) mass is 278 g/mol. The summed E-state index contributed by atoms with van der Waals surface area (Å²) in [4.78, 5) is 13.6. The standard InChI is InChI=1S/C15H19FN2O2/c1-18(9-4-10-20-2)15(19)13-7-6-12(5-3-8-17)14(16)11-13/h6-7,11H,4,8-10,17H2,1-2H3. The van der Waals surface area contributed by atoms with Gasteiger partial charge in [0.2, 0.25) is 0 Å². The van der Waals surface area contributed by atoms with E-state index < -0.39 is 5.82 Å². The molecule has 0 radical (unpaired) electrons. The van der Waals surface area contributed by atoms with Gasteiger partial charge in [-0.25, -0.2) is 4.39 Å². The molecule has 4 nitrogen and oxygen atoms in total. The van der Waals surface area contributed by atoms with Crippen LogP contribution >= 0.6 is 0 Å². The summed E-state index contributed by atoms with van der Waals surface area (Å²) < 4.78 is 18.7. The van der Waals surface area contributed by atoms with Crippen molar-refractivity contribution in [1.29, 1.82) is 0 Å². The first-order valence-electron chi connectivity index (χ1n) is 6.33. The summed E-state index contributed by atoms with van der Waals surface area (Å²) in [5, 5.41) is 0. The molecule has 0 aromatic heterocycles. The SMILES string of the molecule is COCCCN(C)C(=O)c1ccc(C#CCN)c(F)c1. The third kappa shape index (κ3) is 4.65. The average Bonchev–Trinajstić information content (AvgIpc) is 2.45. The van der Waals surface area contributed by atoms with Crippen molar-refractivity contribution in [3.8, 4) is 11.8 Å². The predicted octanol–water partition coefficient (Wildman–Crippen LogP) is 1.24. The first kappa shape index (κ1) is 16.2. The molecule has 0 spiro atoms. The van der Waals surface area contributed by atoms with Crippen molar-refractivity contribution >= 4 is 5.91 Å². The quantitative estimate of drug-likeness (QED) is 0.651. The zero-order valence-corrected chi connectivity index (χ0v) is 11.8. The maximum atomic E-state index is 13.8. The summed E-state index contributed by atoms with van der Waals surface area (Å²) in [5.74, 6) is 4.46. The van der Waals surface area contributed by atoms with E-state index in [1.54, 1.807) is 25.1 Å². The summed E-state index contributed by atoms with van der Waals surface area (Å²) in [6.45, 7) is 1.31. The summed E-state index contributed by atoms with van der Waals surface area (Å²) in [6, 6.07) is 4.27. The Morgan fingerprint density at radius 3 is 2.85 bits per heavy atom. The fourth-order valence-electron chi connectivity index (χ4n) is 1.66. The van der Waals surface area contributed by atoms with Crippen LogP contribution in [0, 0.1) is 17.7 Å². The Morgan fingerprint density at radius 1 is 1.50 bits per heavy atom. The van der Waals surface area contributed by atoms with Gasteiger partial charge in [-0.2, -0.15) is 0 Å². The Balaban J connectivity index is 2.76. The van der Waals surface area contributed by atoms with E-state index in [1.807, 2.05) is 0 Å². The van der Waals surface area contributed by atoms with Gasteiger partial charge in [-0.05, 0) is 24.6 Å². The van der Waals surface area contributed by atoms with Crippen LogP contribution in [0.2, 0.25) is 0 Å². The van der Waals surface area contributed by atoms with Crippen molar-refractivity contribution in [2.24, 2.45) is 5.73 Å². The van der Waals surface area contributed by atoms with Gasteiger partial charge >= 0.3 is 0 Å². The second-order valence-electron chi connectivity index (χ2n) is 4.27. The number of hydrogen-bond acceptors (Lipinski definition) is 3. The van der Waals surface area contributed by atoms with Crippen LogP contribution in [0.4, 0.5) is 4.39 Å². The molecule has 1 aromatic carbocycles. The number of carbonyl (C=O) groups excluding carboxylic acids is 1. The number of methoxy groups -OCH3 is 1. The molecule has 1 amide bonds. The minimum absolute atomic E-state index is 0.169. The summed E-state index contributed by atoms with van der Waals surface area (Å²) in [6.07, 6.45) is 0.737. The molecule has 0 saturated carbocycles. The van der Waals surface area contributed by atoms with E-state index >= 15 is 0 Å². The lowest BCUT2D eigenvalue weighted by atomic mass is 10.1. The fraction of sp³-hybridized carbons (Fsp3) is 0.400. The lowest BCUT2D eigenvalue weighted by Gasteiger charge is -2.17. The molecule has 0 aliphatic rings. The zero-order valence-electron chi connectivity index (χ0n) is 11.8. The molecule has 2 N–H and O–H groups in total.